The third kappa shape index (κ3) is 2.90. The molecular weight excluding hydrogens is 196 g/mol. The van der Waals surface area contributed by atoms with E-state index in [4.69, 9.17) is 4.74 Å². The number of ether oxygens (including phenoxy) is 1. The molecule has 0 unspecified atom stereocenters. The molecule has 0 N–H and O–H groups in total. The molecule has 5 heteroatoms. The molecule has 0 amide bonds. The maximum Gasteiger partial charge on any atom is 0.250 e. The van der Waals surface area contributed by atoms with Crippen LogP contribution in [-0.2, 0) is 0 Å². The largest absolute Gasteiger partial charge is 0.484 e. The van der Waals surface area contributed by atoms with Crippen molar-refractivity contribution in [3.8, 4) is 5.75 Å². The summed E-state index contributed by atoms with van der Waals surface area (Å²) in [5, 5.41) is 10.6. The molecule has 0 spiro atoms. The number of pyridine rings is 1. The minimum absolute atomic E-state index is 0.0343. The van der Waals surface area contributed by atoms with Crippen molar-refractivity contribution in [2.24, 2.45) is 0 Å². The summed E-state index contributed by atoms with van der Waals surface area (Å²) in [6, 6.07) is 1.80. The third-order valence-corrected chi connectivity index (χ3v) is 2.07. The van der Waals surface area contributed by atoms with Crippen molar-refractivity contribution >= 4 is 0 Å². The molecule has 0 saturated heterocycles. The normalized spacial score (nSPS) is 11.1. The Morgan fingerprint density at radius 2 is 2.27 bits per heavy atom. The van der Waals surface area contributed by atoms with Gasteiger partial charge in [-0.2, -0.15) is 0 Å². The highest BCUT2D eigenvalue weighted by Gasteiger charge is 2.31. The lowest BCUT2D eigenvalue weighted by Gasteiger charge is -2.16. The molecule has 0 aliphatic rings. The van der Waals surface area contributed by atoms with E-state index in [0.717, 1.165) is 5.56 Å². The van der Waals surface area contributed by atoms with E-state index in [9.17, 15) is 10.1 Å². The van der Waals surface area contributed by atoms with Crippen molar-refractivity contribution in [2.45, 2.75) is 26.3 Å². The lowest BCUT2D eigenvalue weighted by atomic mass is 10.1. The molecule has 0 atom stereocenters. The fourth-order valence-electron chi connectivity index (χ4n) is 0.908. The smallest absolute Gasteiger partial charge is 0.250 e. The van der Waals surface area contributed by atoms with Crippen LogP contribution in [0.1, 0.15) is 19.4 Å². The highest BCUT2D eigenvalue weighted by atomic mass is 16.6. The summed E-state index contributed by atoms with van der Waals surface area (Å²) < 4.78 is 5.36. The molecule has 0 bridgehead atoms. The lowest BCUT2D eigenvalue weighted by molar-refractivity contribution is -0.562. The van der Waals surface area contributed by atoms with Crippen LogP contribution in [0.5, 0.6) is 5.75 Å². The van der Waals surface area contributed by atoms with Crippen molar-refractivity contribution < 1.29 is 9.66 Å². The standard InChI is InChI=1S/C10H14N2O3/c1-8-4-5-11-6-9(8)15-7-10(2,3)12(13)14/h4-6H,7H2,1-3H3. The van der Waals surface area contributed by atoms with Gasteiger partial charge in [0, 0.05) is 25.0 Å². The fraction of sp³-hybridized carbons (Fsp3) is 0.500. The predicted octanol–water partition coefficient (Wildman–Crippen LogP) is 1.82. The Morgan fingerprint density at radius 3 is 2.80 bits per heavy atom. The van der Waals surface area contributed by atoms with E-state index in [1.54, 1.807) is 18.5 Å². The zero-order valence-corrected chi connectivity index (χ0v) is 9.06. The van der Waals surface area contributed by atoms with Gasteiger partial charge in [-0.15, -0.1) is 0 Å². The maximum atomic E-state index is 10.6. The van der Waals surface area contributed by atoms with Crippen LogP contribution in [0.25, 0.3) is 0 Å². The van der Waals surface area contributed by atoms with E-state index < -0.39 is 5.54 Å². The lowest BCUT2D eigenvalue weighted by Crippen LogP contribution is -2.37. The molecular formula is C10H14N2O3. The molecule has 0 fully saturated rings. The summed E-state index contributed by atoms with van der Waals surface area (Å²) in [4.78, 5) is 14.2. The topological polar surface area (TPSA) is 65.3 Å². The van der Waals surface area contributed by atoms with Gasteiger partial charge in [-0.1, -0.05) is 0 Å². The van der Waals surface area contributed by atoms with E-state index in [2.05, 4.69) is 4.98 Å². The van der Waals surface area contributed by atoms with Crippen molar-refractivity contribution in [1.82, 2.24) is 4.98 Å². The average molecular weight is 210 g/mol. The van der Waals surface area contributed by atoms with Gasteiger partial charge in [0.1, 0.15) is 5.75 Å². The Labute approximate surface area is 88.2 Å². The second kappa shape index (κ2) is 4.25. The molecule has 5 nitrogen and oxygen atoms in total. The van der Waals surface area contributed by atoms with Gasteiger partial charge in [0.2, 0.25) is 5.54 Å². The van der Waals surface area contributed by atoms with Gasteiger partial charge in [0.15, 0.2) is 6.61 Å². The first-order chi connectivity index (χ1) is 6.93. The Bertz CT molecular complexity index is 363. The van der Waals surface area contributed by atoms with Crippen LogP contribution in [-0.4, -0.2) is 22.1 Å². The van der Waals surface area contributed by atoms with Crippen LogP contribution in [0.3, 0.4) is 0 Å². The second-order valence-corrected chi connectivity index (χ2v) is 4.00. The van der Waals surface area contributed by atoms with Gasteiger partial charge >= 0.3 is 0 Å². The average Bonchev–Trinajstić information content (AvgIpc) is 2.16. The molecule has 1 aromatic rings. The Kier molecular flexibility index (Phi) is 3.24. The number of hydrogen-bond acceptors (Lipinski definition) is 4. The molecule has 1 heterocycles. The molecule has 0 aromatic carbocycles. The third-order valence-electron chi connectivity index (χ3n) is 2.07. The second-order valence-electron chi connectivity index (χ2n) is 4.00. The van der Waals surface area contributed by atoms with Crippen molar-refractivity contribution in [2.75, 3.05) is 6.61 Å². The summed E-state index contributed by atoms with van der Waals surface area (Å²) >= 11 is 0. The van der Waals surface area contributed by atoms with Gasteiger partial charge in [-0.05, 0) is 18.6 Å². The van der Waals surface area contributed by atoms with Crippen molar-refractivity contribution in [3.05, 3.63) is 34.1 Å². The molecule has 0 aliphatic heterocycles. The fourth-order valence-corrected chi connectivity index (χ4v) is 0.908. The number of aryl methyl sites for hydroxylation is 1. The van der Waals surface area contributed by atoms with Crippen LogP contribution in [0, 0.1) is 17.0 Å². The molecule has 15 heavy (non-hydrogen) atoms. The number of hydrogen-bond donors (Lipinski definition) is 0. The minimum atomic E-state index is -1.08. The summed E-state index contributed by atoms with van der Waals surface area (Å²) in [6.45, 7) is 4.96. The Balaban J connectivity index is 2.66. The van der Waals surface area contributed by atoms with Crippen LogP contribution < -0.4 is 4.74 Å². The highest BCUT2D eigenvalue weighted by Crippen LogP contribution is 2.17. The number of nitrogens with zero attached hydrogens (tertiary/aromatic N) is 2. The minimum Gasteiger partial charge on any atom is -0.484 e. The Morgan fingerprint density at radius 1 is 1.60 bits per heavy atom. The summed E-state index contributed by atoms with van der Waals surface area (Å²) in [6.07, 6.45) is 3.21. The predicted molar refractivity (Wildman–Crippen MR) is 55.5 cm³/mol. The van der Waals surface area contributed by atoms with E-state index in [1.807, 2.05) is 6.92 Å². The van der Waals surface area contributed by atoms with Gasteiger partial charge in [-0.3, -0.25) is 15.1 Å². The first-order valence-electron chi connectivity index (χ1n) is 4.61. The number of aromatic nitrogens is 1. The van der Waals surface area contributed by atoms with Crippen LogP contribution in [0.4, 0.5) is 0 Å². The monoisotopic (exact) mass is 210 g/mol. The molecule has 1 aromatic heterocycles. The van der Waals surface area contributed by atoms with Crippen LogP contribution in [0.15, 0.2) is 18.5 Å². The quantitative estimate of drug-likeness (QED) is 0.561. The molecule has 1 rings (SSSR count). The van der Waals surface area contributed by atoms with Crippen molar-refractivity contribution in [1.29, 1.82) is 0 Å². The maximum absolute atomic E-state index is 10.6. The molecule has 0 saturated carbocycles. The van der Waals surface area contributed by atoms with E-state index in [-0.39, 0.29) is 11.5 Å². The molecule has 0 aliphatic carbocycles. The van der Waals surface area contributed by atoms with E-state index >= 15 is 0 Å². The zero-order valence-electron chi connectivity index (χ0n) is 9.06. The van der Waals surface area contributed by atoms with Crippen LogP contribution >= 0.6 is 0 Å². The first-order valence-corrected chi connectivity index (χ1v) is 4.61. The highest BCUT2D eigenvalue weighted by molar-refractivity contribution is 5.27. The van der Waals surface area contributed by atoms with Crippen LogP contribution in [0.2, 0.25) is 0 Å². The van der Waals surface area contributed by atoms with Crippen molar-refractivity contribution in [3.63, 3.8) is 0 Å². The SMILES string of the molecule is Cc1ccncc1OCC(C)(C)[N+](=O)[O-]. The molecule has 0 radical (unpaired) electrons. The number of rotatable bonds is 4. The van der Waals surface area contributed by atoms with E-state index in [1.165, 1.54) is 13.8 Å². The van der Waals surface area contributed by atoms with Gasteiger partial charge in [0.25, 0.3) is 0 Å². The molecule has 82 valence electrons. The summed E-state index contributed by atoms with van der Waals surface area (Å²) in [5.74, 6) is 0.590. The number of nitro groups is 1. The Hall–Kier alpha value is -1.65. The first kappa shape index (κ1) is 11.4. The summed E-state index contributed by atoms with van der Waals surface area (Å²) in [7, 11) is 0. The zero-order chi connectivity index (χ0) is 11.5. The van der Waals surface area contributed by atoms with Gasteiger partial charge in [-0.25, -0.2) is 0 Å². The summed E-state index contributed by atoms with van der Waals surface area (Å²) in [5.41, 5.74) is -0.161. The van der Waals surface area contributed by atoms with Gasteiger partial charge < -0.3 is 4.74 Å². The van der Waals surface area contributed by atoms with E-state index in [0.29, 0.717) is 5.75 Å². The van der Waals surface area contributed by atoms with Gasteiger partial charge in [0.05, 0.1) is 6.20 Å².